The van der Waals surface area contributed by atoms with Gasteiger partial charge in [-0.15, -0.1) is 11.3 Å². The maximum absolute atomic E-state index is 12.6. The SMILES string of the molecule is CC(=O)OC[C@H]1O[C@@H](n2cc3cc(-c4ccccn4)sc3nc2=O)C[C@@H]1OC(C)=O. The van der Waals surface area contributed by atoms with Gasteiger partial charge in [0.15, 0.2) is 0 Å². The van der Waals surface area contributed by atoms with Crippen LogP contribution in [0.5, 0.6) is 0 Å². The summed E-state index contributed by atoms with van der Waals surface area (Å²) in [6.45, 7) is 2.50. The van der Waals surface area contributed by atoms with Crippen molar-refractivity contribution in [1.82, 2.24) is 14.5 Å². The molecule has 1 aliphatic heterocycles. The molecule has 0 aromatic carbocycles. The number of ether oxygens (including phenoxy) is 3. The zero-order valence-electron chi connectivity index (χ0n) is 16.3. The predicted molar refractivity (Wildman–Crippen MR) is 108 cm³/mol. The van der Waals surface area contributed by atoms with Gasteiger partial charge < -0.3 is 14.2 Å². The third-order valence-corrected chi connectivity index (χ3v) is 5.68. The fourth-order valence-corrected chi connectivity index (χ4v) is 4.30. The molecular weight excluding hydrogens is 410 g/mol. The van der Waals surface area contributed by atoms with E-state index in [1.165, 1.54) is 29.8 Å². The lowest BCUT2D eigenvalue weighted by Crippen LogP contribution is -2.31. The van der Waals surface area contributed by atoms with Gasteiger partial charge in [0.1, 0.15) is 29.9 Å². The lowest BCUT2D eigenvalue weighted by molar-refractivity contribution is -0.155. The standard InChI is InChI=1S/C20H19N3O6S/c1-11(24)27-10-16-15(28-12(2)25)8-18(29-16)23-9-13-7-17(14-5-3-4-6-21-14)30-19(13)22-20(23)26/h3-7,9,15-16,18H,8,10H2,1-2H3/t15-,16+,18+/m0/s1. The van der Waals surface area contributed by atoms with E-state index in [-0.39, 0.29) is 13.0 Å². The summed E-state index contributed by atoms with van der Waals surface area (Å²) in [5.74, 6) is -0.944. The largest absolute Gasteiger partial charge is 0.463 e. The quantitative estimate of drug-likeness (QED) is 0.568. The third kappa shape index (κ3) is 4.24. The zero-order valence-corrected chi connectivity index (χ0v) is 17.1. The minimum Gasteiger partial charge on any atom is -0.463 e. The number of carbonyl (C=O) groups is 2. The molecule has 0 N–H and O–H groups in total. The molecule has 0 bridgehead atoms. The average Bonchev–Trinajstić information content (AvgIpc) is 3.29. The molecule has 0 spiro atoms. The van der Waals surface area contributed by atoms with Crippen LogP contribution in [0, 0.1) is 0 Å². The summed E-state index contributed by atoms with van der Waals surface area (Å²) < 4.78 is 17.6. The molecule has 0 aliphatic carbocycles. The molecule has 0 radical (unpaired) electrons. The molecule has 1 aliphatic rings. The molecule has 9 nitrogen and oxygen atoms in total. The number of carbonyl (C=O) groups excluding carboxylic acids is 2. The Morgan fingerprint density at radius 3 is 2.83 bits per heavy atom. The van der Waals surface area contributed by atoms with E-state index in [9.17, 15) is 14.4 Å². The Labute approximate surface area is 175 Å². The molecular formula is C20H19N3O6S. The van der Waals surface area contributed by atoms with Gasteiger partial charge in [-0.05, 0) is 18.2 Å². The van der Waals surface area contributed by atoms with Crippen molar-refractivity contribution in [3.8, 4) is 10.6 Å². The van der Waals surface area contributed by atoms with Gasteiger partial charge in [-0.2, -0.15) is 4.98 Å². The topological polar surface area (TPSA) is 110 Å². The number of rotatable bonds is 5. The number of nitrogens with zero attached hydrogens (tertiary/aromatic N) is 3. The Hall–Kier alpha value is -3.11. The molecule has 0 unspecified atom stereocenters. The highest BCUT2D eigenvalue weighted by atomic mass is 32.1. The van der Waals surface area contributed by atoms with Crippen molar-refractivity contribution in [1.29, 1.82) is 0 Å². The maximum Gasteiger partial charge on any atom is 0.351 e. The number of fused-ring (bicyclic) bond motifs is 1. The van der Waals surface area contributed by atoms with E-state index in [0.29, 0.717) is 4.83 Å². The highest BCUT2D eigenvalue weighted by molar-refractivity contribution is 7.21. The molecule has 10 heteroatoms. The van der Waals surface area contributed by atoms with Crippen LogP contribution in [0.25, 0.3) is 20.8 Å². The van der Waals surface area contributed by atoms with Crippen molar-refractivity contribution in [3.05, 3.63) is 47.1 Å². The first-order valence-electron chi connectivity index (χ1n) is 9.31. The minimum absolute atomic E-state index is 0.0729. The van der Waals surface area contributed by atoms with Crippen LogP contribution in [0.15, 0.2) is 41.5 Å². The van der Waals surface area contributed by atoms with E-state index in [0.717, 1.165) is 16.0 Å². The minimum atomic E-state index is -0.697. The third-order valence-electron chi connectivity index (χ3n) is 4.61. The van der Waals surface area contributed by atoms with Crippen molar-refractivity contribution in [2.45, 2.75) is 38.7 Å². The Balaban J connectivity index is 1.63. The molecule has 4 heterocycles. The van der Waals surface area contributed by atoms with Crippen molar-refractivity contribution in [2.24, 2.45) is 0 Å². The molecule has 1 fully saturated rings. The van der Waals surface area contributed by atoms with Gasteiger partial charge in [-0.1, -0.05) is 6.07 Å². The molecule has 30 heavy (non-hydrogen) atoms. The van der Waals surface area contributed by atoms with E-state index in [1.54, 1.807) is 12.4 Å². The predicted octanol–water partition coefficient (Wildman–Crippen LogP) is 2.30. The first kappa shape index (κ1) is 20.2. The second-order valence-corrected chi connectivity index (χ2v) is 7.86. The molecule has 0 amide bonds. The average molecular weight is 429 g/mol. The number of thiophene rings is 1. The van der Waals surface area contributed by atoms with Crippen molar-refractivity contribution in [2.75, 3.05) is 6.61 Å². The van der Waals surface area contributed by atoms with Crippen LogP contribution in [0.4, 0.5) is 0 Å². The maximum atomic E-state index is 12.6. The van der Waals surface area contributed by atoms with Gasteiger partial charge in [0, 0.05) is 38.0 Å². The summed E-state index contributed by atoms with van der Waals surface area (Å²) in [6, 6.07) is 7.53. The summed E-state index contributed by atoms with van der Waals surface area (Å²) in [5, 5.41) is 0.774. The van der Waals surface area contributed by atoms with E-state index >= 15 is 0 Å². The van der Waals surface area contributed by atoms with Gasteiger partial charge in [-0.3, -0.25) is 19.1 Å². The van der Waals surface area contributed by atoms with Gasteiger partial charge in [0.25, 0.3) is 0 Å². The fourth-order valence-electron chi connectivity index (χ4n) is 3.32. The smallest absolute Gasteiger partial charge is 0.351 e. The Morgan fingerprint density at radius 1 is 1.30 bits per heavy atom. The van der Waals surface area contributed by atoms with Crippen LogP contribution in [0.1, 0.15) is 26.5 Å². The van der Waals surface area contributed by atoms with Gasteiger partial charge >= 0.3 is 17.6 Å². The van der Waals surface area contributed by atoms with E-state index < -0.39 is 36.1 Å². The lowest BCUT2D eigenvalue weighted by Gasteiger charge is -2.17. The molecule has 3 atom stereocenters. The number of aromatic nitrogens is 3. The Morgan fingerprint density at radius 2 is 2.13 bits per heavy atom. The fraction of sp³-hybridized carbons (Fsp3) is 0.350. The molecule has 3 aromatic rings. The van der Waals surface area contributed by atoms with Crippen molar-refractivity contribution in [3.63, 3.8) is 0 Å². The molecule has 156 valence electrons. The van der Waals surface area contributed by atoms with Crippen LogP contribution < -0.4 is 5.69 Å². The van der Waals surface area contributed by atoms with Crippen molar-refractivity contribution < 1.29 is 23.8 Å². The summed E-state index contributed by atoms with van der Waals surface area (Å²) in [6.07, 6.45) is 1.63. The van der Waals surface area contributed by atoms with Crippen molar-refractivity contribution >= 4 is 33.5 Å². The van der Waals surface area contributed by atoms with E-state index in [2.05, 4.69) is 9.97 Å². The second-order valence-electron chi connectivity index (χ2n) is 6.83. The molecule has 3 aromatic heterocycles. The van der Waals surface area contributed by atoms with Crippen LogP contribution in [-0.2, 0) is 23.8 Å². The zero-order chi connectivity index (χ0) is 21.3. The molecule has 4 rings (SSSR count). The number of hydrogen-bond acceptors (Lipinski definition) is 9. The lowest BCUT2D eigenvalue weighted by atomic mass is 10.2. The van der Waals surface area contributed by atoms with Crippen LogP contribution in [0.2, 0.25) is 0 Å². The van der Waals surface area contributed by atoms with Gasteiger partial charge in [0.05, 0.1) is 10.6 Å². The highest BCUT2D eigenvalue weighted by Gasteiger charge is 2.39. The summed E-state index contributed by atoms with van der Waals surface area (Å²) in [7, 11) is 0. The Kier molecular flexibility index (Phi) is 5.60. The number of pyridine rings is 1. The summed E-state index contributed by atoms with van der Waals surface area (Å²) in [5.41, 5.74) is 0.324. The van der Waals surface area contributed by atoms with Crippen LogP contribution >= 0.6 is 11.3 Å². The number of esters is 2. The van der Waals surface area contributed by atoms with E-state index in [1.807, 2.05) is 24.3 Å². The summed E-state index contributed by atoms with van der Waals surface area (Å²) in [4.78, 5) is 45.2. The summed E-state index contributed by atoms with van der Waals surface area (Å²) >= 11 is 1.38. The highest BCUT2D eigenvalue weighted by Crippen LogP contribution is 2.33. The second kappa shape index (κ2) is 8.33. The normalized spacial score (nSPS) is 20.9. The van der Waals surface area contributed by atoms with E-state index in [4.69, 9.17) is 14.2 Å². The Bertz CT molecular complexity index is 1140. The first-order valence-corrected chi connectivity index (χ1v) is 10.1. The molecule has 0 saturated carbocycles. The van der Waals surface area contributed by atoms with Gasteiger partial charge in [0.2, 0.25) is 0 Å². The number of hydrogen-bond donors (Lipinski definition) is 0. The van der Waals surface area contributed by atoms with Gasteiger partial charge in [-0.25, -0.2) is 4.79 Å². The first-order chi connectivity index (χ1) is 14.4. The van der Waals surface area contributed by atoms with Crippen LogP contribution in [0.3, 0.4) is 0 Å². The van der Waals surface area contributed by atoms with Crippen LogP contribution in [-0.4, -0.2) is 45.3 Å². The molecule has 1 saturated heterocycles. The monoisotopic (exact) mass is 429 g/mol.